The fourth-order valence-corrected chi connectivity index (χ4v) is 2.86. The van der Waals surface area contributed by atoms with Crippen molar-refractivity contribution in [3.05, 3.63) is 23.5 Å². The third kappa shape index (κ3) is 2.64. The van der Waals surface area contributed by atoms with E-state index in [1.807, 2.05) is 0 Å². The molecule has 5 heteroatoms. The molecule has 2 aromatic heterocycles. The van der Waals surface area contributed by atoms with Crippen LogP contribution >= 0.6 is 27.3 Å². The summed E-state index contributed by atoms with van der Waals surface area (Å²) in [4.78, 5) is 8.10. The minimum absolute atomic E-state index is 0.553. The van der Waals surface area contributed by atoms with Crippen molar-refractivity contribution in [3.63, 3.8) is 0 Å². The Balaban J connectivity index is 2.10. The maximum atomic E-state index is 4.60. The first kappa shape index (κ1) is 12.1. The minimum atomic E-state index is 0.553. The van der Waals surface area contributed by atoms with Crippen LogP contribution in [0.25, 0.3) is 4.96 Å². The Morgan fingerprint density at radius 2 is 2.38 bits per heavy atom. The van der Waals surface area contributed by atoms with Gasteiger partial charge in [0.05, 0.1) is 5.69 Å². The Kier molecular flexibility index (Phi) is 4.00. The average Bonchev–Trinajstić information content (AvgIpc) is 2.76. The summed E-state index contributed by atoms with van der Waals surface area (Å²) < 4.78 is 2.09. The van der Waals surface area contributed by atoms with Crippen molar-refractivity contribution in [2.45, 2.75) is 26.4 Å². The van der Waals surface area contributed by atoms with Crippen LogP contribution in [0.4, 0.5) is 0 Å². The zero-order valence-electron chi connectivity index (χ0n) is 9.56. The van der Waals surface area contributed by atoms with Crippen molar-refractivity contribution in [2.75, 3.05) is 11.9 Å². The third-order valence-corrected chi connectivity index (χ3v) is 3.74. The van der Waals surface area contributed by atoms with E-state index in [-0.39, 0.29) is 0 Å². The van der Waals surface area contributed by atoms with Crippen LogP contribution < -0.4 is 0 Å². The molecule has 0 aromatic carbocycles. The summed E-state index contributed by atoms with van der Waals surface area (Å²) in [6.07, 6.45) is 4.18. The molecule has 16 heavy (non-hydrogen) atoms. The van der Waals surface area contributed by atoms with Gasteiger partial charge < -0.3 is 0 Å². The largest absolute Gasteiger partial charge is 0.297 e. The van der Waals surface area contributed by atoms with Crippen molar-refractivity contribution >= 4 is 32.2 Å². The van der Waals surface area contributed by atoms with Crippen molar-refractivity contribution in [3.8, 4) is 0 Å². The zero-order chi connectivity index (χ0) is 11.5. The number of rotatable bonds is 5. The van der Waals surface area contributed by atoms with Gasteiger partial charge in [0.2, 0.25) is 0 Å². The van der Waals surface area contributed by atoms with Gasteiger partial charge in [-0.25, -0.2) is 4.98 Å². The van der Waals surface area contributed by atoms with Crippen molar-refractivity contribution in [1.29, 1.82) is 0 Å². The van der Waals surface area contributed by atoms with Gasteiger partial charge in [-0.2, -0.15) is 0 Å². The van der Waals surface area contributed by atoms with E-state index in [4.69, 9.17) is 0 Å². The number of nitrogens with zero attached hydrogens (tertiary/aromatic N) is 3. The molecule has 0 spiro atoms. The number of halogens is 1. The van der Waals surface area contributed by atoms with Crippen molar-refractivity contribution in [2.24, 2.45) is 0 Å². The number of fused-ring (bicyclic) bond motifs is 1. The normalized spacial score (nSPS) is 12.1. The molecule has 88 valence electrons. The Morgan fingerprint density at radius 3 is 3.00 bits per heavy atom. The van der Waals surface area contributed by atoms with E-state index in [1.54, 1.807) is 11.3 Å². The maximum Gasteiger partial charge on any atom is 0.193 e. The van der Waals surface area contributed by atoms with Gasteiger partial charge in [-0.15, -0.1) is 11.3 Å². The van der Waals surface area contributed by atoms with Crippen molar-refractivity contribution < 1.29 is 0 Å². The summed E-state index contributed by atoms with van der Waals surface area (Å²) in [7, 11) is 0. The second-order valence-corrected chi connectivity index (χ2v) is 5.74. The molecule has 0 N–H and O–H groups in total. The van der Waals surface area contributed by atoms with Crippen LogP contribution in [0.3, 0.4) is 0 Å². The second kappa shape index (κ2) is 5.29. The van der Waals surface area contributed by atoms with E-state index < -0.39 is 0 Å². The smallest absolute Gasteiger partial charge is 0.193 e. The zero-order valence-corrected chi connectivity index (χ0v) is 12.0. The van der Waals surface area contributed by atoms with Gasteiger partial charge in [-0.05, 0) is 13.8 Å². The van der Waals surface area contributed by atoms with Gasteiger partial charge in [0.1, 0.15) is 0 Å². The lowest BCUT2D eigenvalue weighted by Gasteiger charge is -2.24. The lowest BCUT2D eigenvalue weighted by atomic mass is 10.3. The number of thiazole rings is 1. The van der Waals surface area contributed by atoms with Gasteiger partial charge in [-0.1, -0.05) is 15.9 Å². The number of aromatic nitrogens is 2. The Hall–Kier alpha value is -0.390. The molecule has 0 saturated carbocycles. The maximum absolute atomic E-state index is 4.60. The van der Waals surface area contributed by atoms with Crippen LogP contribution in [0.2, 0.25) is 0 Å². The SMILES string of the molecule is CC(C)N(CCBr)Cc1cn2ccsc2n1. The molecule has 3 nitrogen and oxygen atoms in total. The molecule has 0 fully saturated rings. The molecule has 0 unspecified atom stereocenters. The highest BCUT2D eigenvalue weighted by Gasteiger charge is 2.11. The van der Waals surface area contributed by atoms with Crippen LogP contribution in [0, 0.1) is 0 Å². The highest BCUT2D eigenvalue weighted by Crippen LogP contribution is 2.14. The Labute approximate surface area is 108 Å². The summed E-state index contributed by atoms with van der Waals surface area (Å²) >= 11 is 5.17. The van der Waals surface area contributed by atoms with Crippen LogP contribution in [-0.2, 0) is 6.54 Å². The quantitative estimate of drug-likeness (QED) is 0.792. The second-order valence-electron chi connectivity index (χ2n) is 4.08. The summed E-state index contributed by atoms with van der Waals surface area (Å²) in [6.45, 7) is 6.43. The Bertz CT molecular complexity index is 420. The van der Waals surface area contributed by atoms with Gasteiger partial charge in [0, 0.05) is 42.2 Å². The molecular weight excluding hydrogens is 286 g/mol. The van der Waals surface area contributed by atoms with Crippen LogP contribution in [0.15, 0.2) is 17.8 Å². The highest BCUT2D eigenvalue weighted by atomic mass is 79.9. The lowest BCUT2D eigenvalue weighted by Crippen LogP contribution is -2.32. The molecule has 0 amide bonds. The first-order chi connectivity index (χ1) is 7.70. The molecule has 0 aliphatic heterocycles. The molecular formula is C11H16BrN3S. The minimum Gasteiger partial charge on any atom is -0.297 e. The summed E-state index contributed by atoms with van der Waals surface area (Å²) in [6, 6.07) is 0.553. The standard InChI is InChI=1S/C11H16BrN3S/c1-9(2)14(4-3-12)7-10-8-15-5-6-16-11(15)13-10/h5-6,8-9H,3-4,7H2,1-2H3. The van der Waals surface area contributed by atoms with Gasteiger partial charge in [-0.3, -0.25) is 9.30 Å². The van der Waals surface area contributed by atoms with E-state index in [9.17, 15) is 0 Å². The predicted molar refractivity (Wildman–Crippen MR) is 72.4 cm³/mol. The number of hydrogen-bond acceptors (Lipinski definition) is 3. The lowest BCUT2D eigenvalue weighted by molar-refractivity contribution is 0.225. The van der Waals surface area contributed by atoms with Gasteiger partial charge in [0.15, 0.2) is 4.96 Å². The summed E-state index contributed by atoms with van der Waals surface area (Å²) in [5, 5.41) is 3.07. The topological polar surface area (TPSA) is 20.5 Å². The summed E-state index contributed by atoms with van der Waals surface area (Å²) in [5.74, 6) is 0. The van der Waals surface area contributed by atoms with Gasteiger partial charge >= 0.3 is 0 Å². The summed E-state index contributed by atoms with van der Waals surface area (Å²) in [5.41, 5.74) is 1.15. The average molecular weight is 302 g/mol. The molecule has 0 bridgehead atoms. The molecule has 0 atom stereocenters. The monoisotopic (exact) mass is 301 g/mol. The molecule has 2 aromatic rings. The molecule has 0 radical (unpaired) electrons. The number of hydrogen-bond donors (Lipinski definition) is 0. The fraction of sp³-hybridized carbons (Fsp3) is 0.545. The van der Waals surface area contributed by atoms with E-state index in [0.29, 0.717) is 6.04 Å². The molecule has 0 aliphatic rings. The van der Waals surface area contributed by atoms with E-state index >= 15 is 0 Å². The first-order valence-electron chi connectivity index (χ1n) is 5.42. The third-order valence-electron chi connectivity index (χ3n) is 2.61. The molecule has 2 heterocycles. The van der Waals surface area contributed by atoms with Crippen LogP contribution in [0.1, 0.15) is 19.5 Å². The van der Waals surface area contributed by atoms with Gasteiger partial charge in [0.25, 0.3) is 0 Å². The molecule has 2 rings (SSSR count). The van der Waals surface area contributed by atoms with E-state index in [0.717, 1.165) is 29.1 Å². The van der Waals surface area contributed by atoms with Crippen LogP contribution in [0.5, 0.6) is 0 Å². The predicted octanol–water partition coefficient (Wildman–Crippen LogP) is 3.00. The molecule has 0 aliphatic carbocycles. The number of alkyl halides is 1. The molecule has 0 saturated heterocycles. The van der Waals surface area contributed by atoms with Crippen LogP contribution in [-0.4, -0.2) is 32.2 Å². The highest BCUT2D eigenvalue weighted by molar-refractivity contribution is 9.09. The first-order valence-corrected chi connectivity index (χ1v) is 7.42. The van der Waals surface area contributed by atoms with E-state index in [1.165, 1.54) is 0 Å². The Morgan fingerprint density at radius 1 is 1.56 bits per heavy atom. The van der Waals surface area contributed by atoms with E-state index in [2.05, 4.69) is 61.8 Å². The van der Waals surface area contributed by atoms with Crippen molar-refractivity contribution in [1.82, 2.24) is 14.3 Å². The fourth-order valence-electron chi connectivity index (χ4n) is 1.69. The number of imidazole rings is 1.